The topological polar surface area (TPSA) is 46.3 Å². The fourth-order valence-corrected chi connectivity index (χ4v) is 3.30. The first-order valence-corrected chi connectivity index (χ1v) is 7.88. The highest BCUT2D eigenvalue weighted by atomic mass is 127. The lowest BCUT2D eigenvalue weighted by Gasteiger charge is -2.38. The predicted molar refractivity (Wildman–Crippen MR) is 93.4 cm³/mol. The number of nitrogens with two attached hydrogens (primary N) is 1. The normalized spacial score (nSPS) is 22.3. The first kappa shape index (κ1) is 17.7. The Bertz CT molecular complexity index is 481. The Morgan fingerprint density at radius 1 is 1.50 bits per heavy atom. The number of carbonyl (C=O) groups excluding carboxylic acids is 1. The van der Waals surface area contributed by atoms with Gasteiger partial charge in [-0.25, -0.2) is 0 Å². The van der Waals surface area contributed by atoms with Crippen LogP contribution in [0.1, 0.15) is 35.7 Å². The number of hydrogen-bond donors (Lipinski definition) is 1. The highest BCUT2D eigenvalue weighted by Crippen LogP contribution is 2.25. The highest BCUT2D eigenvalue weighted by molar-refractivity contribution is 14.1. The van der Waals surface area contributed by atoms with Gasteiger partial charge in [-0.15, -0.1) is 12.4 Å². The van der Waals surface area contributed by atoms with Gasteiger partial charge < -0.3 is 10.6 Å². The van der Waals surface area contributed by atoms with E-state index in [1.54, 1.807) is 0 Å². The zero-order valence-corrected chi connectivity index (χ0v) is 14.9. The van der Waals surface area contributed by atoms with Crippen LogP contribution in [-0.2, 0) is 0 Å². The lowest BCUT2D eigenvalue weighted by atomic mass is 9.92. The molecule has 0 bridgehead atoms. The third kappa shape index (κ3) is 3.65. The number of amides is 1. The Morgan fingerprint density at radius 3 is 2.85 bits per heavy atom. The van der Waals surface area contributed by atoms with E-state index < -0.39 is 0 Å². The number of likely N-dealkylation sites (tertiary alicyclic amines) is 1. The maximum atomic E-state index is 12.7. The number of carbonyl (C=O) groups is 1. The molecule has 1 heterocycles. The molecule has 0 aliphatic carbocycles. The van der Waals surface area contributed by atoms with Crippen molar-refractivity contribution in [2.24, 2.45) is 11.7 Å². The summed E-state index contributed by atoms with van der Waals surface area (Å²) >= 11 is 2.26. The summed E-state index contributed by atoms with van der Waals surface area (Å²) in [6, 6.07) is 6.10. The third-order valence-electron chi connectivity index (χ3n) is 3.93. The van der Waals surface area contributed by atoms with Crippen LogP contribution >= 0.6 is 35.0 Å². The molecule has 3 nitrogen and oxygen atoms in total. The predicted octanol–water partition coefficient (Wildman–Crippen LogP) is 3.22. The molecule has 112 valence electrons. The highest BCUT2D eigenvalue weighted by Gasteiger charge is 2.30. The summed E-state index contributed by atoms with van der Waals surface area (Å²) in [5.74, 6) is 0.796. The van der Waals surface area contributed by atoms with Gasteiger partial charge in [0.05, 0.1) is 5.56 Å². The number of benzene rings is 1. The van der Waals surface area contributed by atoms with Crippen LogP contribution in [0, 0.1) is 16.4 Å². The molecular formula is C15H22ClIN2O. The fraction of sp³-hybridized carbons (Fsp3) is 0.533. The molecule has 1 aliphatic rings. The van der Waals surface area contributed by atoms with E-state index in [0.29, 0.717) is 12.5 Å². The summed E-state index contributed by atoms with van der Waals surface area (Å²) in [7, 11) is 0. The Labute approximate surface area is 140 Å². The van der Waals surface area contributed by atoms with Crippen molar-refractivity contribution in [3.05, 3.63) is 32.9 Å². The third-order valence-corrected chi connectivity index (χ3v) is 5.37. The zero-order chi connectivity index (χ0) is 14.0. The van der Waals surface area contributed by atoms with Crippen LogP contribution in [-0.4, -0.2) is 29.9 Å². The van der Waals surface area contributed by atoms with Gasteiger partial charge in [-0.05, 0) is 59.9 Å². The van der Waals surface area contributed by atoms with Crippen LogP contribution in [0.3, 0.4) is 0 Å². The number of piperidine rings is 1. The molecule has 0 aromatic heterocycles. The van der Waals surface area contributed by atoms with E-state index in [0.717, 1.165) is 34.1 Å². The summed E-state index contributed by atoms with van der Waals surface area (Å²) in [6.45, 7) is 5.66. The Hall–Kier alpha value is -0.330. The van der Waals surface area contributed by atoms with E-state index in [4.69, 9.17) is 5.73 Å². The van der Waals surface area contributed by atoms with Crippen LogP contribution in [0.4, 0.5) is 0 Å². The van der Waals surface area contributed by atoms with E-state index in [1.165, 1.54) is 0 Å². The minimum Gasteiger partial charge on any atom is -0.334 e. The van der Waals surface area contributed by atoms with Gasteiger partial charge in [0.25, 0.3) is 5.91 Å². The fourth-order valence-electron chi connectivity index (χ4n) is 2.71. The molecule has 0 radical (unpaired) electrons. The number of rotatable bonds is 2. The van der Waals surface area contributed by atoms with Gasteiger partial charge in [0.15, 0.2) is 0 Å². The largest absolute Gasteiger partial charge is 0.334 e. The molecule has 0 spiro atoms. The molecule has 2 N–H and O–H groups in total. The molecule has 1 saturated heterocycles. The van der Waals surface area contributed by atoms with Gasteiger partial charge in [-0.3, -0.25) is 4.79 Å². The summed E-state index contributed by atoms with van der Waals surface area (Å²) in [4.78, 5) is 14.7. The van der Waals surface area contributed by atoms with Crippen molar-refractivity contribution < 1.29 is 4.79 Å². The quantitative estimate of drug-likeness (QED) is 0.764. The average molecular weight is 409 g/mol. The van der Waals surface area contributed by atoms with Crippen molar-refractivity contribution in [3.63, 3.8) is 0 Å². The van der Waals surface area contributed by atoms with Gasteiger partial charge in [0.2, 0.25) is 0 Å². The SMILES string of the molecule is Cc1cccc(C(=O)N2CCC(C)CC2CN)c1I.Cl. The second-order valence-corrected chi connectivity index (χ2v) is 6.53. The average Bonchev–Trinajstić information content (AvgIpc) is 2.41. The van der Waals surface area contributed by atoms with Crippen molar-refractivity contribution in [3.8, 4) is 0 Å². The van der Waals surface area contributed by atoms with E-state index in [2.05, 4.69) is 29.5 Å². The molecule has 1 amide bonds. The zero-order valence-electron chi connectivity index (χ0n) is 11.9. The van der Waals surface area contributed by atoms with Crippen molar-refractivity contribution in [1.29, 1.82) is 0 Å². The maximum Gasteiger partial charge on any atom is 0.255 e. The van der Waals surface area contributed by atoms with Crippen LogP contribution in [0.5, 0.6) is 0 Å². The number of aryl methyl sites for hydroxylation is 1. The van der Waals surface area contributed by atoms with Gasteiger partial charge in [-0.2, -0.15) is 0 Å². The van der Waals surface area contributed by atoms with E-state index >= 15 is 0 Å². The molecule has 1 aliphatic heterocycles. The first-order valence-electron chi connectivity index (χ1n) is 6.80. The summed E-state index contributed by atoms with van der Waals surface area (Å²) in [5, 5.41) is 0. The summed E-state index contributed by atoms with van der Waals surface area (Å²) in [5.41, 5.74) is 7.81. The lowest BCUT2D eigenvalue weighted by molar-refractivity contribution is 0.0572. The van der Waals surface area contributed by atoms with Gasteiger partial charge in [0.1, 0.15) is 0 Å². The number of nitrogens with zero attached hydrogens (tertiary/aromatic N) is 1. The van der Waals surface area contributed by atoms with Gasteiger partial charge >= 0.3 is 0 Å². The molecule has 0 saturated carbocycles. The Morgan fingerprint density at radius 2 is 2.20 bits per heavy atom. The van der Waals surface area contributed by atoms with Crippen molar-refractivity contribution in [2.75, 3.05) is 13.1 Å². The van der Waals surface area contributed by atoms with Crippen molar-refractivity contribution >= 4 is 40.9 Å². The van der Waals surface area contributed by atoms with Crippen LogP contribution in [0.25, 0.3) is 0 Å². The van der Waals surface area contributed by atoms with Gasteiger partial charge in [-0.1, -0.05) is 19.1 Å². The van der Waals surface area contributed by atoms with E-state index in [9.17, 15) is 4.79 Å². The smallest absolute Gasteiger partial charge is 0.255 e. The molecule has 2 rings (SSSR count). The molecule has 5 heteroatoms. The summed E-state index contributed by atoms with van der Waals surface area (Å²) in [6.07, 6.45) is 2.09. The number of hydrogen-bond acceptors (Lipinski definition) is 2. The lowest BCUT2D eigenvalue weighted by Crippen LogP contribution is -2.49. The van der Waals surface area contributed by atoms with E-state index in [-0.39, 0.29) is 24.4 Å². The maximum absolute atomic E-state index is 12.7. The van der Waals surface area contributed by atoms with Crippen molar-refractivity contribution in [2.45, 2.75) is 32.7 Å². The van der Waals surface area contributed by atoms with E-state index in [1.807, 2.05) is 30.0 Å². The standard InChI is InChI=1S/C15H21IN2O.ClH/c1-10-6-7-18(12(8-10)9-17)15(19)13-5-3-4-11(2)14(13)16;/h3-5,10,12H,6-9,17H2,1-2H3;1H. The molecule has 1 aromatic rings. The first-order chi connectivity index (χ1) is 9.04. The molecule has 2 atom stereocenters. The molecule has 1 fully saturated rings. The second-order valence-electron chi connectivity index (χ2n) is 5.45. The minimum absolute atomic E-state index is 0. The van der Waals surface area contributed by atoms with Crippen LogP contribution in [0.2, 0.25) is 0 Å². The minimum atomic E-state index is 0. The van der Waals surface area contributed by atoms with Crippen LogP contribution < -0.4 is 5.73 Å². The van der Waals surface area contributed by atoms with Gasteiger partial charge in [0, 0.05) is 22.7 Å². The molecule has 20 heavy (non-hydrogen) atoms. The summed E-state index contributed by atoms with van der Waals surface area (Å²) < 4.78 is 1.06. The van der Waals surface area contributed by atoms with Crippen molar-refractivity contribution in [1.82, 2.24) is 4.90 Å². The molecular weight excluding hydrogens is 387 g/mol. The molecule has 2 unspecified atom stereocenters. The second kappa shape index (κ2) is 7.61. The Kier molecular flexibility index (Phi) is 6.75. The van der Waals surface area contributed by atoms with Crippen LogP contribution in [0.15, 0.2) is 18.2 Å². The monoisotopic (exact) mass is 408 g/mol. The molecule has 1 aromatic carbocycles. The number of halogens is 2. The Balaban J connectivity index is 0.00000200.